The lowest BCUT2D eigenvalue weighted by molar-refractivity contribution is -0.0696. The molecule has 1 rings (SSSR count). The molecule has 0 aliphatic rings. The van der Waals surface area contributed by atoms with E-state index in [1.807, 2.05) is 0 Å². The summed E-state index contributed by atoms with van der Waals surface area (Å²) in [6.45, 7) is 0. The third-order valence-electron chi connectivity index (χ3n) is 1.53. The van der Waals surface area contributed by atoms with Gasteiger partial charge in [-0.05, 0) is 21.5 Å². The van der Waals surface area contributed by atoms with Crippen LogP contribution in [0.15, 0.2) is 35.1 Å². The molecule has 0 nitrogen and oxygen atoms in total. The second-order valence-corrected chi connectivity index (χ2v) is 3.20. The smallest absolute Gasteiger partial charge is 0.198 e. The Morgan fingerprint density at radius 2 is 1.57 bits per heavy atom. The fourth-order valence-corrected chi connectivity index (χ4v) is 1.44. The molecule has 0 bridgehead atoms. The van der Waals surface area contributed by atoms with Gasteiger partial charge in [-0.25, -0.2) is 0 Å². The van der Waals surface area contributed by atoms with Gasteiger partial charge in [0, 0.05) is 0 Å². The fourth-order valence-electron chi connectivity index (χ4n) is 0.985. The third-order valence-corrected chi connectivity index (χ3v) is 1.93. The molecule has 0 saturated carbocycles. The topological polar surface area (TPSA) is 0 Å². The van der Waals surface area contributed by atoms with Crippen LogP contribution in [0.25, 0.3) is 5.57 Å². The maximum atomic E-state index is 12.6. The Bertz CT molecular complexity index is 336. The van der Waals surface area contributed by atoms with E-state index in [0.29, 0.717) is 0 Å². The first-order valence-electron chi connectivity index (χ1n) is 3.61. The second kappa shape index (κ2) is 4.13. The zero-order valence-corrected chi connectivity index (χ0v) is 8.36. The average molecular weight is 269 g/mol. The highest BCUT2D eigenvalue weighted by atomic mass is 79.9. The van der Waals surface area contributed by atoms with Crippen molar-refractivity contribution in [1.82, 2.24) is 0 Å². The maximum absolute atomic E-state index is 12.6. The monoisotopic (exact) mass is 268 g/mol. The molecule has 14 heavy (non-hydrogen) atoms. The molecule has 0 aromatic heterocycles. The van der Waals surface area contributed by atoms with Crippen molar-refractivity contribution in [3.63, 3.8) is 0 Å². The SMILES string of the molecule is F/C(Br)=C(/c1ccccc1)C(F)(F)F. The molecule has 0 fully saturated rings. The molecule has 0 radical (unpaired) electrons. The van der Waals surface area contributed by atoms with E-state index < -0.39 is 16.5 Å². The Balaban J connectivity index is 3.24. The summed E-state index contributed by atoms with van der Waals surface area (Å²) in [6, 6.07) is 6.78. The average Bonchev–Trinajstić information content (AvgIpc) is 2.02. The van der Waals surface area contributed by atoms with Crippen LogP contribution in [0.3, 0.4) is 0 Å². The standard InChI is InChI=1S/C9H5BrF4/c10-8(11)7(9(12,13)14)6-4-2-1-3-5-6/h1-5H/b8-7-. The van der Waals surface area contributed by atoms with E-state index in [9.17, 15) is 17.6 Å². The van der Waals surface area contributed by atoms with Crippen LogP contribution in [-0.2, 0) is 0 Å². The minimum Gasteiger partial charge on any atom is -0.198 e. The normalized spacial score (nSPS) is 13.8. The van der Waals surface area contributed by atoms with Crippen LogP contribution in [0.5, 0.6) is 0 Å². The fraction of sp³-hybridized carbons (Fsp3) is 0.111. The number of alkyl halides is 3. The number of hydrogen-bond acceptors (Lipinski definition) is 0. The molecule has 76 valence electrons. The molecule has 0 aliphatic carbocycles. The molecule has 5 heteroatoms. The minimum absolute atomic E-state index is 0.200. The van der Waals surface area contributed by atoms with Crippen molar-refractivity contribution in [2.75, 3.05) is 0 Å². The molecule has 0 atom stereocenters. The van der Waals surface area contributed by atoms with Crippen molar-refractivity contribution in [2.24, 2.45) is 0 Å². The van der Waals surface area contributed by atoms with Crippen LogP contribution >= 0.6 is 15.9 Å². The predicted octanol–water partition coefficient (Wildman–Crippen LogP) is 4.28. The van der Waals surface area contributed by atoms with Gasteiger partial charge in [0.25, 0.3) is 0 Å². The Morgan fingerprint density at radius 1 is 1.07 bits per heavy atom. The van der Waals surface area contributed by atoms with Crippen LogP contribution in [0.1, 0.15) is 5.56 Å². The molecule has 0 unspecified atom stereocenters. The van der Waals surface area contributed by atoms with Gasteiger partial charge < -0.3 is 0 Å². The third kappa shape index (κ3) is 2.57. The van der Waals surface area contributed by atoms with Crippen molar-refractivity contribution in [3.8, 4) is 0 Å². The van der Waals surface area contributed by atoms with Gasteiger partial charge in [-0.1, -0.05) is 30.3 Å². The van der Waals surface area contributed by atoms with Crippen molar-refractivity contribution in [3.05, 3.63) is 40.6 Å². The van der Waals surface area contributed by atoms with Crippen LogP contribution in [-0.4, -0.2) is 6.18 Å². The van der Waals surface area contributed by atoms with Gasteiger partial charge in [-0.3, -0.25) is 0 Å². The summed E-state index contributed by atoms with van der Waals surface area (Å²) in [4.78, 5) is 0. The largest absolute Gasteiger partial charge is 0.420 e. The van der Waals surface area contributed by atoms with Gasteiger partial charge in [0.1, 0.15) is 5.57 Å². The number of benzene rings is 1. The van der Waals surface area contributed by atoms with E-state index in [2.05, 4.69) is 15.9 Å². The van der Waals surface area contributed by atoms with E-state index >= 15 is 0 Å². The summed E-state index contributed by atoms with van der Waals surface area (Å²) in [5.74, 6) is 0. The van der Waals surface area contributed by atoms with E-state index in [1.165, 1.54) is 24.3 Å². The van der Waals surface area contributed by atoms with E-state index in [4.69, 9.17) is 0 Å². The van der Waals surface area contributed by atoms with Gasteiger partial charge in [0.15, 0.2) is 4.74 Å². The molecule has 0 N–H and O–H groups in total. The maximum Gasteiger partial charge on any atom is 0.420 e. The summed E-state index contributed by atoms with van der Waals surface area (Å²) in [6.07, 6.45) is -4.70. The van der Waals surface area contributed by atoms with Gasteiger partial charge in [0.2, 0.25) is 0 Å². The van der Waals surface area contributed by atoms with Crippen LogP contribution in [0.2, 0.25) is 0 Å². The molecular formula is C9H5BrF4. The Morgan fingerprint density at radius 3 is 1.93 bits per heavy atom. The summed E-state index contributed by atoms with van der Waals surface area (Å²) < 4.78 is 48.2. The van der Waals surface area contributed by atoms with Crippen molar-refractivity contribution in [1.29, 1.82) is 0 Å². The summed E-state index contributed by atoms with van der Waals surface area (Å²) >= 11 is 2.21. The Labute approximate surface area is 86.4 Å². The summed E-state index contributed by atoms with van der Waals surface area (Å²) in [5.41, 5.74) is -1.49. The highest BCUT2D eigenvalue weighted by Crippen LogP contribution is 2.38. The van der Waals surface area contributed by atoms with Crippen LogP contribution in [0.4, 0.5) is 17.6 Å². The van der Waals surface area contributed by atoms with Crippen LogP contribution < -0.4 is 0 Å². The van der Waals surface area contributed by atoms with Crippen LogP contribution in [0, 0.1) is 0 Å². The predicted molar refractivity (Wildman–Crippen MR) is 49.5 cm³/mol. The Kier molecular flexibility index (Phi) is 3.31. The number of allylic oxidation sites excluding steroid dienone is 1. The van der Waals surface area contributed by atoms with E-state index in [0.717, 1.165) is 0 Å². The van der Waals surface area contributed by atoms with Gasteiger partial charge in [0.05, 0.1) is 0 Å². The first-order valence-corrected chi connectivity index (χ1v) is 4.40. The molecule has 0 aliphatic heterocycles. The highest BCUT2D eigenvalue weighted by molar-refractivity contribution is 9.11. The number of halogens is 5. The highest BCUT2D eigenvalue weighted by Gasteiger charge is 2.37. The lowest BCUT2D eigenvalue weighted by atomic mass is 10.1. The quantitative estimate of drug-likeness (QED) is 0.667. The zero-order chi connectivity index (χ0) is 10.8. The zero-order valence-electron chi connectivity index (χ0n) is 6.78. The van der Waals surface area contributed by atoms with Crippen molar-refractivity contribution >= 4 is 21.5 Å². The van der Waals surface area contributed by atoms with E-state index in [-0.39, 0.29) is 5.56 Å². The van der Waals surface area contributed by atoms with Gasteiger partial charge in [-0.2, -0.15) is 17.6 Å². The number of hydrogen-bond donors (Lipinski definition) is 0. The van der Waals surface area contributed by atoms with E-state index in [1.54, 1.807) is 6.07 Å². The van der Waals surface area contributed by atoms with Gasteiger partial charge in [-0.15, -0.1) is 0 Å². The van der Waals surface area contributed by atoms with Crippen molar-refractivity contribution in [2.45, 2.75) is 6.18 Å². The molecule has 0 heterocycles. The molecular weight excluding hydrogens is 264 g/mol. The molecule has 1 aromatic rings. The Hall–Kier alpha value is -0.840. The number of rotatable bonds is 1. The summed E-state index contributed by atoms with van der Waals surface area (Å²) in [7, 11) is 0. The first-order chi connectivity index (χ1) is 6.43. The lowest BCUT2D eigenvalue weighted by Gasteiger charge is -2.10. The lowest BCUT2D eigenvalue weighted by Crippen LogP contribution is -2.11. The molecule has 0 saturated heterocycles. The second-order valence-electron chi connectivity index (χ2n) is 2.50. The summed E-state index contributed by atoms with van der Waals surface area (Å²) in [5, 5.41) is 0. The first kappa shape index (κ1) is 11.2. The molecule has 0 spiro atoms. The van der Waals surface area contributed by atoms with Gasteiger partial charge >= 0.3 is 6.18 Å². The minimum atomic E-state index is -4.70. The molecule has 0 amide bonds. The molecule has 1 aromatic carbocycles. The van der Waals surface area contributed by atoms with Crippen molar-refractivity contribution < 1.29 is 17.6 Å².